The Hall–Kier alpha value is -0.280. The van der Waals surface area contributed by atoms with Gasteiger partial charge in [-0.15, -0.1) is 0 Å². The molecule has 0 saturated carbocycles. The maximum Gasteiger partial charge on any atom is 0.102 e. The van der Waals surface area contributed by atoms with Crippen molar-refractivity contribution in [2.24, 2.45) is 0 Å². The Balaban J connectivity index is 2.39. The molecule has 1 aliphatic rings. The Morgan fingerprint density at radius 3 is 1.82 bits per heavy atom. The molecule has 0 N–H and O–H groups in total. The van der Waals surface area contributed by atoms with Gasteiger partial charge in [0.2, 0.25) is 0 Å². The SMILES string of the molecule is COCCOCCOCC[N+]1(C)CCCN(C)CCN(C)CCCN(C)CC1. The third-order valence-corrected chi connectivity index (χ3v) is 5.78. The molecule has 168 valence electrons. The minimum Gasteiger partial charge on any atom is -0.382 e. The van der Waals surface area contributed by atoms with Crippen molar-refractivity contribution in [3.63, 3.8) is 0 Å². The summed E-state index contributed by atoms with van der Waals surface area (Å²) in [7, 11) is 10.9. The molecule has 1 atom stereocenters. The predicted octanol–water partition coefficient (Wildman–Crippen LogP) is 0.702. The van der Waals surface area contributed by atoms with Crippen molar-refractivity contribution in [1.82, 2.24) is 14.7 Å². The summed E-state index contributed by atoms with van der Waals surface area (Å²) in [6.45, 7) is 13.9. The zero-order valence-corrected chi connectivity index (χ0v) is 19.3. The molecule has 0 aromatic carbocycles. The van der Waals surface area contributed by atoms with E-state index in [2.05, 4.69) is 42.9 Å². The quantitative estimate of drug-likeness (QED) is 0.417. The van der Waals surface area contributed by atoms with Crippen LogP contribution in [0, 0.1) is 0 Å². The number of likely N-dealkylation sites (N-methyl/N-ethyl adjacent to an activating group) is 4. The first-order valence-electron chi connectivity index (χ1n) is 11.0. The molecule has 0 aromatic rings. The van der Waals surface area contributed by atoms with Gasteiger partial charge in [-0.1, -0.05) is 0 Å². The van der Waals surface area contributed by atoms with Crippen LogP contribution in [0.1, 0.15) is 12.8 Å². The van der Waals surface area contributed by atoms with Crippen LogP contribution in [0.5, 0.6) is 0 Å². The number of hydrogen-bond acceptors (Lipinski definition) is 6. The number of quaternary nitrogens is 1. The van der Waals surface area contributed by atoms with Crippen LogP contribution < -0.4 is 0 Å². The highest BCUT2D eigenvalue weighted by molar-refractivity contribution is 4.61. The molecule has 7 nitrogen and oxygen atoms in total. The standard InChI is InChI=1S/C21H47N4O3/c1-22-8-6-9-24(3)13-15-25(4,14-7-10-23(2)12-11-22)16-17-27-20-21-28-19-18-26-5/h6-21H2,1-5H3/q+1. The highest BCUT2D eigenvalue weighted by Gasteiger charge is 2.22. The fourth-order valence-electron chi connectivity index (χ4n) is 3.51. The number of nitrogens with zero attached hydrogens (tertiary/aromatic N) is 4. The first-order valence-corrected chi connectivity index (χ1v) is 11.0. The molecule has 1 rings (SSSR count). The molecule has 28 heavy (non-hydrogen) atoms. The molecule has 0 aliphatic carbocycles. The van der Waals surface area contributed by atoms with Crippen molar-refractivity contribution in [2.45, 2.75) is 12.8 Å². The number of ether oxygens (including phenoxy) is 3. The summed E-state index contributed by atoms with van der Waals surface area (Å²) in [5.41, 5.74) is 0. The highest BCUT2D eigenvalue weighted by atomic mass is 16.5. The van der Waals surface area contributed by atoms with Gasteiger partial charge in [0.05, 0.1) is 53.2 Å². The first kappa shape index (κ1) is 25.8. The molecule has 0 spiro atoms. The monoisotopic (exact) mass is 403 g/mol. The molecule has 1 aliphatic heterocycles. The Bertz CT molecular complexity index is 376. The lowest BCUT2D eigenvalue weighted by molar-refractivity contribution is -0.909. The fraction of sp³-hybridized carbons (Fsp3) is 1.00. The minimum absolute atomic E-state index is 0.642. The number of hydrogen-bond donors (Lipinski definition) is 0. The average Bonchev–Trinajstić information content (AvgIpc) is 2.66. The normalized spacial score (nSPS) is 25.6. The van der Waals surface area contributed by atoms with E-state index in [1.807, 2.05) is 0 Å². The van der Waals surface area contributed by atoms with Crippen LogP contribution in [0.4, 0.5) is 0 Å². The van der Waals surface area contributed by atoms with Gasteiger partial charge in [0, 0.05) is 39.7 Å². The second kappa shape index (κ2) is 15.5. The van der Waals surface area contributed by atoms with E-state index in [-0.39, 0.29) is 0 Å². The Kier molecular flexibility index (Phi) is 14.3. The van der Waals surface area contributed by atoms with Crippen molar-refractivity contribution in [1.29, 1.82) is 0 Å². The number of methoxy groups -OCH3 is 1. The lowest BCUT2D eigenvalue weighted by Crippen LogP contribution is -2.51. The molecule has 1 saturated heterocycles. The maximum atomic E-state index is 5.84. The van der Waals surface area contributed by atoms with E-state index in [9.17, 15) is 0 Å². The fourth-order valence-corrected chi connectivity index (χ4v) is 3.51. The maximum absolute atomic E-state index is 5.84. The third kappa shape index (κ3) is 13.0. The van der Waals surface area contributed by atoms with Crippen LogP contribution in [0.2, 0.25) is 0 Å². The average molecular weight is 404 g/mol. The summed E-state index contributed by atoms with van der Waals surface area (Å²) >= 11 is 0. The van der Waals surface area contributed by atoms with Gasteiger partial charge in [-0.2, -0.15) is 0 Å². The van der Waals surface area contributed by atoms with Gasteiger partial charge >= 0.3 is 0 Å². The molecule has 0 aromatic heterocycles. The summed E-state index contributed by atoms with van der Waals surface area (Å²) in [6.07, 6.45) is 2.48. The van der Waals surface area contributed by atoms with E-state index in [4.69, 9.17) is 14.2 Å². The third-order valence-electron chi connectivity index (χ3n) is 5.78. The van der Waals surface area contributed by atoms with Gasteiger partial charge in [0.15, 0.2) is 0 Å². The van der Waals surface area contributed by atoms with Crippen molar-refractivity contribution >= 4 is 0 Å². The van der Waals surface area contributed by atoms with Crippen LogP contribution >= 0.6 is 0 Å². The molecule has 1 fully saturated rings. The summed E-state index contributed by atoms with van der Waals surface area (Å²) in [6, 6.07) is 0. The Morgan fingerprint density at radius 1 is 0.643 bits per heavy atom. The lowest BCUT2D eigenvalue weighted by atomic mass is 10.2. The van der Waals surface area contributed by atoms with Crippen LogP contribution in [0.25, 0.3) is 0 Å². The van der Waals surface area contributed by atoms with Crippen molar-refractivity contribution in [3.8, 4) is 0 Å². The molecular weight excluding hydrogens is 356 g/mol. The van der Waals surface area contributed by atoms with Crippen LogP contribution in [-0.2, 0) is 14.2 Å². The van der Waals surface area contributed by atoms with Crippen LogP contribution in [0.15, 0.2) is 0 Å². The first-order chi connectivity index (χ1) is 13.4. The zero-order chi connectivity index (χ0) is 20.7. The summed E-state index contributed by atoms with van der Waals surface area (Å²) in [4.78, 5) is 7.44. The number of rotatable bonds is 9. The van der Waals surface area contributed by atoms with Gasteiger partial charge in [-0.25, -0.2) is 0 Å². The van der Waals surface area contributed by atoms with E-state index in [0.717, 1.165) is 37.3 Å². The zero-order valence-electron chi connectivity index (χ0n) is 19.3. The molecule has 1 unspecified atom stereocenters. The van der Waals surface area contributed by atoms with Crippen molar-refractivity contribution in [2.75, 3.05) is 127 Å². The van der Waals surface area contributed by atoms with E-state index >= 15 is 0 Å². The predicted molar refractivity (Wildman–Crippen MR) is 116 cm³/mol. The lowest BCUT2D eigenvalue weighted by Gasteiger charge is -2.37. The minimum atomic E-state index is 0.642. The molecule has 0 amide bonds. The van der Waals surface area contributed by atoms with Crippen LogP contribution in [0.3, 0.4) is 0 Å². The van der Waals surface area contributed by atoms with Crippen LogP contribution in [-0.4, -0.2) is 146 Å². The van der Waals surface area contributed by atoms with E-state index in [1.54, 1.807) is 7.11 Å². The summed E-state index contributed by atoms with van der Waals surface area (Å²) < 4.78 is 17.4. The van der Waals surface area contributed by atoms with Gasteiger partial charge in [-0.05, 0) is 40.7 Å². The largest absolute Gasteiger partial charge is 0.382 e. The van der Waals surface area contributed by atoms with Gasteiger partial charge in [0.1, 0.15) is 6.54 Å². The smallest absolute Gasteiger partial charge is 0.102 e. The topological polar surface area (TPSA) is 37.4 Å². The second-order valence-corrected chi connectivity index (χ2v) is 8.62. The summed E-state index contributed by atoms with van der Waals surface area (Å²) in [5.74, 6) is 0. The molecule has 7 heteroatoms. The molecule has 1 heterocycles. The Morgan fingerprint density at radius 2 is 1.18 bits per heavy atom. The second-order valence-electron chi connectivity index (χ2n) is 8.62. The van der Waals surface area contributed by atoms with E-state index in [1.165, 1.54) is 45.6 Å². The summed E-state index contributed by atoms with van der Waals surface area (Å²) in [5, 5.41) is 0. The van der Waals surface area contributed by atoms with Gasteiger partial charge in [0.25, 0.3) is 0 Å². The highest BCUT2D eigenvalue weighted by Crippen LogP contribution is 2.07. The van der Waals surface area contributed by atoms with E-state index < -0.39 is 0 Å². The molecule has 0 radical (unpaired) electrons. The van der Waals surface area contributed by atoms with Crippen molar-refractivity contribution in [3.05, 3.63) is 0 Å². The van der Waals surface area contributed by atoms with Crippen molar-refractivity contribution < 1.29 is 18.7 Å². The Labute approximate surface area is 174 Å². The molecular formula is C21H47N4O3+. The van der Waals surface area contributed by atoms with Gasteiger partial charge in [-0.3, -0.25) is 0 Å². The van der Waals surface area contributed by atoms with Gasteiger partial charge < -0.3 is 33.4 Å². The van der Waals surface area contributed by atoms with E-state index in [0.29, 0.717) is 26.4 Å². The molecule has 0 bridgehead atoms.